The largest absolute Gasteiger partial charge is 0.489 e. The zero-order valence-electron chi connectivity index (χ0n) is 10.8. The third-order valence-electron chi connectivity index (χ3n) is 2.73. The lowest BCUT2D eigenvalue weighted by Gasteiger charge is -2.13. The van der Waals surface area contributed by atoms with Crippen LogP contribution in [-0.4, -0.2) is 6.04 Å². The summed E-state index contributed by atoms with van der Waals surface area (Å²) >= 11 is 1.69. The molecule has 1 aromatic carbocycles. The Morgan fingerprint density at radius 1 is 1.33 bits per heavy atom. The van der Waals surface area contributed by atoms with Crippen LogP contribution < -0.4 is 10.5 Å². The average Bonchev–Trinajstić information content (AvgIpc) is 2.80. The van der Waals surface area contributed by atoms with Crippen LogP contribution in [0.25, 0.3) is 0 Å². The first-order valence-electron chi connectivity index (χ1n) is 6.14. The molecule has 0 amide bonds. The standard InChI is InChI=1S/C15H19NOS/c1-11-3-4-15(14(7-11)8-12(2)16)17-9-13-5-6-18-10-13/h3-7,10,12H,8-9,16H2,1-2H3. The minimum atomic E-state index is 0.148. The van der Waals surface area contributed by atoms with E-state index in [0.29, 0.717) is 6.61 Å². The van der Waals surface area contributed by atoms with Gasteiger partial charge in [0, 0.05) is 6.04 Å². The zero-order chi connectivity index (χ0) is 13.0. The predicted molar refractivity (Wildman–Crippen MR) is 77.2 cm³/mol. The highest BCUT2D eigenvalue weighted by Crippen LogP contribution is 2.23. The van der Waals surface area contributed by atoms with Crippen molar-refractivity contribution in [3.05, 3.63) is 51.7 Å². The Morgan fingerprint density at radius 2 is 2.17 bits per heavy atom. The van der Waals surface area contributed by atoms with Crippen molar-refractivity contribution in [2.24, 2.45) is 5.73 Å². The van der Waals surface area contributed by atoms with Crippen molar-refractivity contribution in [1.82, 2.24) is 0 Å². The molecular weight excluding hydrogens is 242 g/mol. The van der Waals surface area contributed by atoms with Gasteiger partial charge in [-0.2, -0.15) is 11.3 Å². The van der Waals surface area contributed by atoms with Crippen molar-refractivity contribution in [2.75, 3.05) is 0 Å². The van der Waals surface area contributed by atoms with Crippen LogP contribution in [-0.2, 0) is 13.0 Å². The second kappa shape index (κ2) is 6.03. The highest BCUT2D eigenvalue weighted by Gasteiger charge is 2.07. The molecule has 0 aliphatic carbocycles. The minimum Gasteiger partial charge on any atom is -0.489 e. The van der Waals surface area contributed by atoms with Crippen LogP contribution in [0.5, 0.6) is 5.75 Å². The van der Waals surface area contributed by atoms with Gasteiger partial charge in [0.05, 0.1) is 0 Å². The van der Waals surface area contributed by atoms with E-state index >= 15 is 0 Å². The summed E-state index contributed by atoms with van der Waals surface area (Å²) < 4.78 is 5.89. The summed E-state index contributed by atoms with van der Waals surface area (Å²) in [6.07, 6.45) is 0.848. The van der Waals surface area contributed by atoms with E-state index in [1.165, 1.54) is 16.7 Å². The molecule has 0 saturated heterocycles. The average molecular weight is 261 g/mol. The lowest BCUT2D eigenvalue weighted by atomic mass is 10.0. The van der Waals surface area contributed by atoms with Gasteiger partial charge in [-0.3, -0.25) is 0 Å². The fourth-order valence-electron chi connectivity index (χ4n) is 1.89. The molecule has 0 spiro atoms. The van der Waals surface area contributed by atoms with Gasteiger partial charge in [-0.05, 0) is 54.3 Å². The van der Waals surface area contributed by atoms with Gasteiger partial charge in [-0.15, -0.1) is 0 Å². The number of thiophene rings is 1. The van der Waals surface area contributed by atoms with Crippen LogP contribution in [0.4, 0.5) is 0 Å². The molecule has 2 aromatic rings. The molecule has 18 heavy (non-hydrogen) atoms. The maximum absolute atomic E-state index is 5.89. The summed E-state index contributed by atoms with van der Waals surface area (Å²) in [6, 6.07) is 8.51. The van der Waals surface area contributed by atoms with Gasteiger partial charge in [-0.25, -0.2) is 0 Å². The fourth-order valence-corrected chi connectivity index (χ4v) is 2.54. The number of hydrogen-bond donors (Lipinski definition) is 1. The van der Waals surface area contributed by atoms with E-state index in [2.05, 4.69) is 35.9 Å². The fraction of sp³-hybridized carbons (Fsp3) is 0.333. The molecule has 2 nitrogen and oxygen atoms in total. The third kappa shape index (κ3) is 3.59. The van der Waals surface area contributed by atoms with E-state index in [1.807, 2.05) is 13.0 Å². The van der Waals surface area contributed by atoms with Crippen molar-refractivity contribution >= 4 is 11.3 Å². The maximum atomic E-state index is 5.89. The van der Waals surface area contributed by atoms with Gasteiger partial charge in [0.1, 0.15) is 12.4 Å². The highest BCUT2D eigenvalue weighted by atomic mass is 32.1. The highest BCUT2D eigenvalue weighted by molar-refractivity contribution is 7.07. The normalized spacial score (nSPS) is 12.4. The summed E-state index contributed by atoms with van der Waals surface area (Å²) in [5, 5.41) is 4.18. The number of aryl methyl sites for hydroxylation is 1. The summed E-state index contributed by atoms with van der Waals surface area (Å²) in [4.78, 5) is 0. The third-order valence-corrected chi connectivity index (χ3v) is 3.46. The number of hydrogen-bond acceptors (Lipinski definition) is 3. The first kappa shape index (κ1) is 13.1. The number of ether oxygens (including phenoxy) is 1. The van der Waals surface area contributed by atoms with Gasteiger partial charge < -0.3 is 10.5 Å². The summed E-state index contributed by atoms with van der Waals surface area (Å²) in [6.45, 7) is 4.73. The van der Waals surface area contributed by atoms with Crippen LogP contribution in [0, 0.1) is 6.92 Å². The SMILES string of the molecule is Cc1ccc(OCc2ccsc2)c(CC(C)N)c1. The first-order chi connectivity index (χ1) is 8.65. The van der Waals surface area contributed by atoms with Gasteiger partial charge in [0.15, 0.2) is 0 Å². The van der Waals surface area contributed by atoms with E-state index in [9.17, 15) is 0 Å². The van der Waals surface area contributed by atoms with Crippen LogP contribution in [0.15, 0.2) is 35.0 Å². The van der Waals surface area contributed by atoms with Gasteiger partial charge in [0.25, 0.3) is 0 Å². The predicted octanol–water partition coefficient (Wildman–Crippen LogP) is 3.53. The second-order valence-electron chi connectivity index (χ2n) is 4.71. The van der Waals surface area contributed by atoms with E-state index in [1.54, 1.807) is 11.3 Å². The van der Waals surface area contributed by atoms with Crippen molar-refractivity contribution in [2.45, 2.75) is 32.9 Å². The van der Waals surface area contributed by atoms with E-state index in [-0.39, 0.29) is 6.04 Å². The van der Waals surface area contributed by atoms with E-state index < -0.39 is 0 Å². The molecule has 0 bridgehead atoms. The summed E-state index contributed by atoms with van der Waals surface area (Å²) in [5.74, 6) is 0.948. The maximum Gasteiger partial charge on any atom is 0.123 e. The monoisotopic (exact) mass is 261 g/mol. The van der Waals surface area contributed by atoms with Crippen LogP contribution in [0.3, 0.4) is 0 Å². The van der Waals surface area contributed by atoms with Crippen LogP contribution in [0.2, 0.25) is 0 Å². The van der Waals surface area contributed by atoms with Crippen LogP contribution in [0.1, 0.15) is 23.6 Å². The Labute approximate surface area is 112 Å². The molecule has 0 fully saturated rings. The number of nitrogens with two attached hydrogens (primary N) is 1. The molecular formula is C15H19NOS. The Hall–Kier alpha value is -1.32. The van der Waals surface area contributed by atoms with Crippen molar-refractivity contribution in [1.29, 1.82) is 0 Å². The quantitative estimate of drug-likeness (QED) is 0.893. The lowest BCUT2D eigenvalue weighted by Crippen LogP contribution is -2.18. The van der Waals surface area contributed by atoms with E-state index in [4.69, 9.17) is 10.5 Å². The number of rotatable bonds is 5. The Bertz CT molecular complexity index is 491. The Balaban J connectivity index is 2.10. The molecule has 3 heteroatoms. The van der Waals surface area contributed by atoms with Crippen molar-refractivity contribution in [3.63, 3.8) is 0 Å². The smallest absolute Gasteiger partial charge is 0.123 e. The molecule has 0 aliphatic rings. The molecule has 96 valence electrons. The summed E-state index contributed by atoms with van der Waals surface area (Å²) in [7, 11) is 0. The second-order valence-corrected chi connectivity index (χ2v) is 5.49. The lowest BCUT2D eigenvalue weighted by molar-refractivity contribution is 0.303. The first-order valence-corrected chi connectivity index (χ1v) is 7.08. The molecule has 1 heterocycles. The molecule has 2 rings (SSSR count). The Morgan fingerprint density at radius 3 is 2.83 bits per heavy atom. The van der Waals surface area contributed by atoms with E-state index in [0.717, 1.165) is 12.2 Å². The molecule has 0 radical (unpaired) electrons. The minimum absolute atomic E-state index is 0.148. The van der Waals surface area contributed by atoms with Crippen LogP contribution >= 0.6 is 11.3 Å². The zero-order valence-corrected chi connectivity index (χ0v) is 11.7. The number of benzene rings is 1. The Kier molecular flexibility index (Phi) is 4.39. The van der Waals surface area contributed by atoms with Crippen molar-refractivity contribution in [3.8, 4) is 5.75 Å². The van der Waals surface area contributed by atoms with Gasteiger partial charge >= 0.3 is 0 Å². The topological polar surface area (TPSA) is 35.2 Å². The van der Waals surface area contributed by atoms with Gasteiger partial charge in [0.2, 0.25) is 0 Å². The molecule has 0 aliphatic heterocycles. The molecule has 1 atom stereocenters. The molecule has 1 aromatic heterocycles. The van der Waals surface area contributed by atoms with Crippen molar-refractivity contribution < 1.29 is 4.74 Å². The molecule has 0 saturated carbocycles. The summed E-state index contributed by atoms with van der Waals surface area (Å²) in [5.41, 5.74) is 9.53. The van der Waals surface area contributed by atoms with Gasteiger partial charge in [-0.1, -0.05) is 17.7 Å². The molecule has 2 N–H and O–H groups in total. The molecule has 1 unspecified atom stereocenters.